The van der Waals surface area contributed by atoms with Crippen LogP contribution in [0.2, 0.25) is 0 Å². The normalized spacial score (nSPS) is 10.6. The smallest absolute Gasteiger partial charge is 0.339 e. The van der Waals surface area contributed by atoms with Gasteiger partial charge in [0.2, 0.25) is 0 Å². The van der Waals surface area contributed by atoms with E-state index in [1.54, 1.807) is 17.8 Å². The van der Waals surface area contributed by atoms with Crippen LogP contribution in [0.1, 0.15) is 32.0 Å². The number of carbonyl (C=O) groups is 2. The van der Waals surface area contributed by atoms with Crippen molar-refractivity contribution in [1.29, 1.82) is 0 Å². The summed E-state index contributed by atoms with van der Waals surface area (Å²) in [4.78, 5) is 24.7. The molecule has 0 saturated heterocycles. The Kier molecular flexibility index (Phi) is 5.52. The Bertz CT molecular complexity index is 978. The third-order valence-corrected chi connectivity index (χ3v) is 4.88. The summed E-state index contributed by atoms with van der Waals surface area (Å²) in [6.45, 7) is 2.02. The molecule has 0 fully saturated rings. The minimum absolute atomic E-state index is 0.272. The summed E-state index contributed by atoms with van der Waals surface area (Å²) in [5, 5.41) is 21.2. The van der Waals surface area contributed by atoms with Gasteiger partial charge in [-0.3, -0.25) is 4.79 Å². The van der Waals surface area contributed by atoms with E-state index < -0.39 is 11.9 Å². The van der Waals surface area contributed by atoms with Crippen LogP contribution in [0, 0.1) is 6.92 Å². The summed E-state index contributed by atoms with van der Waals surface area (Å²) in [7, 11) is 0. The lowest BCUT2D eigenvalue weighted by Crippen LogP contribution is -2.13. The van der Waals surface area contributed by atoms with Gasteiger partial charge >= 0.3 is 5.97 Å². The first-order valence-electron chi connectivity index (χ1n) is 8.07. The molecule has 1 amide bonds. The largest absolute Gasteiger partial charge is 0.507 e. The van der Waals surface area contributed by atoms with Crippen molar-refractivity contribution in [2.45, 2.75) is 17.6 Å². The summed E-state index contributed by atoms with van der Waals surface area (Å²) >= 11 is 1.55. The van der Waals surface area contributed by atoms with Gasteiger partial charge in [-0.15, -0.1) is 11.8 Å². The molecule has 0 aliphatic rings. The molecule has 0 radical (unpaired) electrons. The average molecular weight is 383 g/mol. The van der Waals surface area contributed by atoms with Crippen LogP contribution in [0.5, 0.6) is 5.75 Å². The predicted molar refractivity (Wildman–Crippen MR) is 102 cm³/mol. The Morgan fingerprint density at radius 2 is 1.81 bits per heavy atom. The topological polar surface area (TPSA) is 99.8 Å². The molecular formula is C20H17NO5S. The lowest BCUT2D eigenvalue weighted by atomic mass is 10.1. The Morgan fingerprint density at radius 1 is 1.07 bits per heavy atom. The van der Waals surface area contributed by atoms with Crippen molar-refractivity contribution < 1.29 is 24.2 Å². The number of aromatic carboxylic acids is 1. The zero-order chi connectivity index (χ0) is 19.4. The van der Waals surface area contributed by atoms with Crippen LogP contribution in [-0.2, 0) is 5.75 Å². The number of thioether (sulfide) groups is 1. The van der Waals surface area contributed by atoms with Crippen molar-refractivity contribution in [1.82, 2.24) is 0 Å². The number of aromatic hydroxyl groups is 1. The van der Waals surface area contributed by atoms with Crippen LogP contribution in [0.3, 0.4) is 0 Å². The molecule has 7 heteroatoms. The van der Waals surface area contributed by atoms with E-state index in [1.807, 2.05) is 31.2 Å². The van der Waals surface area contributed by atoms with Crippen molar-refractivity contribution in [3.8, 4) is 5.75 Å². The zero-order valence-electron chi connectivity index (χ0n) is 14.4. The van der Waals surface area contributed by atoms with Crippen LogP contribution in [0.4, 0.5) is 5.69 Å². The van der Waals surface area contributed by atoms with E-state index in [-0.39, 0.29) is 17.0 Å². The number of amides is 1. The van der Waals surface area contributed by atoms with Gasteiger partial charge < -0.3 is 19.9 Å². The van der Waals surface area contributed by atoms with Crippen LogP contribution in [0.15, 0.2) is 64.1 Å². The number of rotatable bonds is 6. The lowest BCUT2D eigenvalue weighted by molar-refractivity contribution is 0.0693. The summed E-state index contributed by atoms with van der Waals surface area (Å²) in [5.41, 5.74) is 1.54. The van der Waals surface area contributed by atoms with E-state index in [2.05, 4.69) is 5.32 Å². The van der Waals surface area contributed by atoms with Gasteiger partial charge in [0, 0.05) is 10.6 Å². The third-order valence-electron chi connectivity index (χ3n) is 3.87. The predicted octanol–water partition coefficient (Wildman–Crippen LogP) is 4.54. The molecule has 0 aliphatic carbocycles. The first kappa shape index (κ1) is 18.6. The number of hydrogen-bond acceptors (Lipinski definition) is 5. The number of nitrogens with one attached hydrogen (secondary N) is 1. The highest BCUT2D eigenvalue weighted by molar-refractivity contribution is 7.98. The van der Waals surface area contributed by atoms with E-state index >= 15 is 0 Å². The zero-order valence-corrected chi connectivity index (χ0v) is 15.2. The van der Waals surface area contributed by atoms with Crippen LogP contribution in [-0.4, -0.2) is 22.1 Å². The van der Waals surface area contributed by atoms with Crippen molar-refractivity contribution in [3.63, 3.8) is 0 Å². The number of hydrogen-bond donors (Lipinski definition) is 3. The molecule has 0 atom stereocenters. The van der Waals surface area contributed by atoms with Gasteiger partial charge in [0.1, 0.15) is 17.1 Å². The molecule has 0 unspecified atom stereocenters. The summed E-state index contributed by atoms with van der Waals surface area (Å²) in [6.07, 6.45) is 1.44. The van der Waals surface area contributed by atoms with Gasteiger partial charge in [-0.25, -0.2) is 4.79 Å². The van der Waals surface area contributed by atoms with E-state index in [4.69, 9.17) is 9.52 Å². The standard InChI is InChI=1S/C20H17NO5S/c1-12-2-5-14(6-3-12)27-11-18-15(8-9-26-18)19(23)21-13-4-7-17(22)16(10-13)20(24)25/h2-10,22H,11H2,1H3,(H,21,23)(H,24,25). The molecule has 27 heavy (non-hydrogen) atoms. The number of carboxylic acids is 1. The Labute approximate surface area is 159 Å². The number of phenols is 1. The average Bonchev–Trinajstić information content (AvgIpc) is 3.11. The van der Waals surface area contributed by atoms with Crippen LogP contribution < -0.4 is 5.32 Å². The molecular weight excluding hydrogens is 366 g/mol. The molecule has 1 aromatic heterocycles. The number of carboxylic acid groups (broad SMARTS) is 1. The summed E-state index contributed by atoms with van der Waals surface area (Å²) in [5.74, 6) is -1.05. The van der Waals surface area contributed by atoms with Gasteiger partial charge in [-0.05, 0) is 43.3 Å². The maximum absolute atomic E-state index is 12.5. The van der Waals surface area contributed by atoms with Gasteiger partial charge in [0.05, 0.1) is 17.6 Å². The van der Waals surface area contributed by atoms with Crippen molar-refractivity contribution in [2.75, 3.05) is 5.32 Å². The fourth-order valence-corrected chi connectivity index (χ4v) is 3.27. The number of anilines is 1. The van der Waals surface area contributed by atoms with Crippen molar-refractivity contribution >= 4 is 29.3 Å². The first-order chi connectivity index (χ1) is 12.9. The second kappa shape index (κ2) is 8.01. The van der Waals surface area contributed by atoms with Crippen molar-refractivity contribution in [2.24, 2.45) is 0 Å². The fourth-order valence-electron chi connectivity index (χ4n) is 2.42. The molecule has 6 nitrogen and oxygen atoms in total. The quantitative estimate of drug-likeness (QED) is 0.427. The van der Waals surface area contributed by atoms with E-state index in [1.165, 1.54) is 30.0 Å². The molecule has 2 aromatic carbocycles. The molecule has 0 saturated carbocycles. The highest BCUT2D eigenvalue weighted by atomic mass is 32.2. The number of benzene rings is 2. The molecule has 3 aromatic rings. The highest BCUT2D eigenvalue weighted by Crippen LogP contribution is 2.27. The molecule has 3 N–H and O–H groups in total. The molecule has 0 bridgehead atoms. The van der Waals surface area contributed by atoms with Gasteiger partial charge in [-0.2, -0.15) is 0 Å². The Hall–Kier alpha value is -3.19. The maximum Gasteiger partial charge on any atom is 0.339 e. The van der Waals surface area contributed by atoms with E-state index in [0.717, 1.165) is 4.90 Å². The minimum Gasteiger partial charge on any atom is -0.507 e. The Balaban J connectivity index is 1.71. The van der Waals surface area contributed by atoms with E-state index in [9.17, 15) is 14.7 Å². The summed E-state index contributed by atoms with van der Waals surface area (Å²) in [6, 6.07) is 13.5. The van der Waals surface area contributed by atoms with Crippen molar-refractivity contribution in [3.05, 3.63) is 77.2 Å². The molecule has 3 rings (SSSR count). The van der Waals surface area contributed by atoms with E-state index in [0.29, 0.717) is 17.1 Å². The van der Waals surface area contributed by atoms with Crippen LogP contribution in [0.25, 0.3) is 0 Å². The maximum atomic E-state index is 12.5. The lowest BCUT2D eigenvalue weighted by Gasteiger charge is -2.08. The second-order valence-electron chi connectivity index (χ2n) is 5.85. The number of aryl methyl sites for hydroxylation is 1. The molecule has 0 spiro atoms. The first-order valence-corrected chi connectivity index (χ1v) is 9.06. The van der Waals surface area contributed by atoms with Crippen LogP contribution >= 0.6 is 11.8 Å². The monoisotopic (exact) mass is 383 g/mol. The minimum atomic E-state index is -1.28. The SMILES string of the molecule is Cc1ccc(SCc2occc2C(=O)Nc2ccc(O)c(C(=O)O)c2)cc1. The highest BCUT2D eigenvalue weighted by Gasteiger charge is 2.17. The summed E-state index contributed by atoms with van der Waals surface area (Å²) < 4.78 is 5.43. The van der Waals surface area contributed by atoms with Gasteiger partial charge in [0.15, 0.2) is 0 Å². The fraction of sp³-hybridized carbons (Fsp3) is 0.100. The second-order valence-corrected chi connectivity index (χ2v) is 6.90. The number of furan rings is 1. The van der Waals surface area contributed by atoms with Gasteiger partial charge in [-0.1, -0.05) is 17.7 Å². The molecule has 0 aliphatic heterocycles. The third kappa shape index (κ3) is 4.51. The Morgan fingerprint density at radius 3 is 2.52 bits per heavy atom. The molecule has 1 heterocycles. The number of carbonyl (C=O) groups excluding carboxylic acids is 1. The molecule has 138 valence electrons. The van der Waals surface area contributed by atoms with Gasteiger partial charge in [0.25, 0.3) is 5.91 Å².